The van der Waals surface area contributed by atoms with Crippen molar-refractivity contribution in [3.8, 4) is 28.7 Å². The summed E-state index contributed by atoms with van der Waals surface area (Å²) in [5.74, 6) is 1.15. The Morgan fingerprint density at radius 3 is 2.34 bits per heavy atom. The van der Waals surface area contributed by atoms with E-state index in [1.54, 1.807) is 29.2 Å². The van der Waals surface area contributed by atoms with Crippen LogP contribution in [0.15, 0.2) is 60.9 Å². The van der Waals surface area contributed by atoms with Crippen LogP contribution in [-0.4, -0.2) is 81.0 Å². The van der Waals surface area contributed by atoms with E-state index in [4.69, 9.17) is 9.47 Å². The summed E-state index contributed by atoms with van der Waals surface area (Å²) < 4.78 is 40.0. The standard InChI is InChI=1S/C29H29F2N7O3/c30-22-7-3-20(4-8-22)28-34-29(21-5-9-23(31)10-6-21)38(35-28)17-27(39)37-13-11-36(12-14-37)25-16-26(33-19-32-25)41-18-24-2-1-15-40-24/h3-10,16,19,24H,1-2,11-15,17-18H2/t24-/m0/s1. The molecule has 4 heterocycles. The van der Waals surface area contributed by atoms with Crippen LogP contribution in [0.5, 0.6) is 5.88 Å². The molecule has 2 saturated heterocycles. The van der Waals surface area contributed by atoms with Crippen LogP contribution in [-0.2, 0) is 16.1 Å². The van der Waals surface area contributed by atoms with Gasteiger partial charge in [-0.05, 0) is 61.4 Å². The summed E-state index contributed by atoms with van der Waals surface area (Å²) in [5, 5.41) is 4.55. The third-order valence-corrected chi connectivity index (χ3v) is 7.19. The summed E-state index contributed by atoms with van der Waals surface area (Å²) in [7, 11) is 0. The summed E-state index contributed by atoms with van der Waals surface area (Å²) in [5.41, 5.74) is 1.23. The van der Waals surface area contributed by atoms with Gasteiger partial charge in [0.05, 0.1) is 6.10 Å². The number of carbonyl (C=O) groups is 1. The number of piperazine rings is 1. The molecule has 4 aromatic rings. The predicted octanol–water partition coefficient (Wildman–Crippen LogP) is 3.59. The number of benzene rings is 2. The second kappa shape index (κ2) is 12.0. The van der Waals surface area contributed by atoms with Crippen molar-refractivity contribution in [1.29, 1.82) is 0 Å². The van der Waals surface area contributed by atoms with Crippen LogP contribution in [0.25, 0.3) is 22.8 Å². The van der Waals surface area contributed by atoms with Crippen molar-refractivity contribution in [3.05, 3.63) is 72.6 Å². The van der Waals surface area contributed by atoms with E-state index in [2.05, 4.69) is 25.0 Å². The fourth-order valence-corrected chi connectivity index (χ4v) is 4.94. The molecule has 2 fully saturated rings. The van der Waals surface area contributed by atoms with Crippen molar-refractivity contribution in [2.45, 2.75) is 25.5 Å². The van der Waals surface area contributed by atoms with Crippen molar-refractivity contribution in [2.75, 3.05) is 44.3 Å². The van der Waals surface area contributed by atoms with E-state index in [-0.39, 0.29) is 30.2 Å². The minimum atomic E-state index is -0.377. The fraction of sp³-hybridized carbons (Fsp3) is 0.345. The molecule has 41 heavy (non-hydrogen) atoms. The van der Waals surface area contributed by atoms with Gasteiger partial charge in [0, 0.05) is 50.0 Å². The molecule has 1 atom stereocenters. The highest BCUT2D eigenvalue weighted by Gasteiger charge is 2.25. The highest BCUT2D eigenvalue weighted by atomic mass is 19.1. The lowest BCUT2D eigenvalue weighted by Gasteiger charge is -2.35. The van der Waals surface area contributed by atoms with E-state index in [1.807, 2.05) is 6.07 Å². The van der Waals surface area contributed by atoms with Gasteiger partial charge >= 0.3 is 0 Å². The molecule has 10 nitrogen and oxygen atoms in total. The van der Waals surface area contributed by atoms with E-state index in [0.717, 1.165) is 25.3 Å². The second-order valence-electron chi connectivity index (χ2n) is 9.96. The SMILES string of the molecule is O=C(Cn1nc(-c2ccc(F)cc2)nc1-c1ccc(F)cc1)N1CCN(c2cc(OC[C@@H]3CCCO3)ncn2)CC1. The van der Waals surface area contributed by atoms with E-state index >= 15 is 0 Å². The van der Waals surface area contributed by atoms with Gasteiger partial charge in [0.2, 0.25) is 11.8 Å². The number of anilines is 1. The van der Waals surface area contributed by atoms with Gasteiger partial charge in [-0.15, -0.1) is 5.10 Å². The predicted molar refractivity (Wildman–Crippen MR) is 146 cm³/mol. The van der Waals surface area contributed by atoms with Crippen LogP contribution in [0.1, 0.15) is 12.8 Å². The molecule has 0 unspecified atom stereocenters. The number of aromatic nitrogens is 5. The van der Waals surface area contributed by atoms with Crippen molar-refractivity contribution in [2.24, 2.45) is 0 Å². The summed E-state index contributed by atoms with van der Waals surface area (Å²) in [6.45, 7) is 3.37. The molecular formula is C29H29F2N7O3. The van der Waals surface area contributed by atoms with Gasteiger partial charge in [-0.3, -0.25) is 4.79 Å². The Kier molecular flexibility index (Phi) is 7.81. The van der Waals surface area contributed by atoms with Gasteiger partial charge < -0.3 is 19.3 Å². The first-order chi connectivity index (χ1) is 20.0. The van der Waals surface area contributed by atoms with E-state index in [9.17, 15) is 13.6 Å². The number of ether oxygens (including phenoxy) is 2. The normalized spacial score (nSPS) is 17.2. The van der Waals surface area contributed by atoms with Gasteiger partial charge in [-0.2, -0.15) is 0 Å². The fourth-order valence-electron chi connectivity index (χ4n) is 4.94. The number of rotatable bonds is 8. The third-order valence-electron chi connectivity index (χ3n) is 7.19. The molecule has 212 valence electrons. The monoisotopic (exact) mass is 561 g/mol. The zero-order valence-corrected chi connectivity index (χ0v) is 22.3. The van der Waals surface area contributed by atoms with E-state index in [0.29, 0.717) is 61.4 Å². The van der Waals surface area contributed by atoms with Gasteiger partial charge in [-0.1, -0.05) is 0 Å². The number of carbonyl (C=O) groups excluding carboxylic acids is 1. The van der Waals surface area contributed by atoms with Gasteiger partial charge in [0.25, 0.3) is 0 Å². The van der Waals surface area contributed by atoms with Gasteiger partial charge in [-0.25, -0.2) is 28.4 Å². The Bertz CT molecular complexity index is 1480. The Morgan fingerprint density at radius 1 is 0.951 bits per heavy atom. The molecular weight excluding hydrogens is 532 g/mol. The van der Waals surface area contributed by atoms with Crippen molar-refractivity contribution < 1.29 is 23.0 Å². The van der Waals surface area contributed by atoms with Crippen LogP contribution >= 0.6 is 0 Å². The first kappa shape index (κ1) is 26.8. The number of halogens is 2. The van der Waals surface area contributed by atoms with Crippen molar-refractivity contribution >= 4 is 11.7 Å². The van der Waals surface area contributed by atoms with E-state index < -0.39 is 0 Å². The number of nitrogens with zero attached hydrogens (tertiary/aromatic N) is 7. The lowest BCUT2D eigenvalue weighted by atomic mass is 10.2. The maximum atomic E-state index is 13.6. The average molecular weight is 562 g/mol. The summed E-state index contributed by atoms with van der Waals surface area (Å²) in [6, 6.07) is 13.5. The Hall–Kier alpha value is -4.45. The molecule has 0 saturated carbocycles. The molecule has 0 bridgehead atoms. The Balaban J connectivity index is 1.12. The topological polar surface area (TPSA) is 98.5 Å². The quantitative estimate of drug-likeness (QED) is 0.322. The van der Waals surface area contributed by atoms with Gasteiger partial charge in [0.1, 0.15) is 36.9 Å². The first-order valence-electron chi connectivity index (χ1n) is 13.6. The minimum Gasteiger partial charge on any atom is -0.475 e. The van der Waals surface area contributed by atoms with Crippen LogP contribution in [0.3, 0.4) is 0 Å². The Labute approximate surface area is 235 Å². The molecule has 2 aromatic carbocycles. The highest BCUT2D eigenvalue weighted by Crippen LogP contribution is 2.24. The molecule has 2 aromatic heterocycles. The van der Waals surface area contributed by atoms with Crippen molar-refractivity contribution in [1.82, 2.24) is 29.6 Å². The summed E-state index contributed by atoms with van der Waals surface area (Å²) in [4.78, 5) is 30.4. The maximum Gasteiger partial charge on any atom is 0.244 e. The molecule has 2 aliphatic heterocycles. The lowest BCUT2D eigenvalue weighted by Crippen LogP contribution is -2.50. The molecule has 0 spiro atoms. The van der Waals surface area contributed by atoms with Gasteiger partial charge in [0.15, 0.2) is 11.6 Å². The van der Waals surface area contributed by atoms with Crippen LogP contribution in [0.2, 0.25) is 0 Å². The Morgan fingerprint density at radius 2 is 1.66 bits per heavy atom. The zero-order chi connectivity index (χ0) is 28.2. The van der Waals surface area contributed by atoms with Crippen LogP contribution < -0.4 is 9.64 Å². The molecule has 0 radical (unpaired) electrons. The molecule has 1 amide bonds. The molecule has 2 aliphatic rings. The lowest BCUT2D eigenvalue weighted by molar-refractivity contribution is -0.132. The molecule has 6 rings (SSSR count). The molecule has 0 N–H and O–H groups in total. The maximum absolute atomic E-state index is 13.6. The summed E-state index contributed by atoms with van der Waals surface area (Å²) in [6.07, 6.45) is 3.62. The molecule has 0 aliphatic carbocycles. The smallest absolute Gasteiger partial charge is 0.244 e. The highest BCUT2D eigenvalue weighted by molar-refractivity contribution is 5.77. The zero-order valence-electron chi connectivity index (χ0n) is 22.3. The number of hydrogen-bond acceptors (Lipinski definition) is 8. The number of hydrogen-bond donors (Lipinski definition) is 0. The first-order valence-corrected chi connectivity index (χ1v) is 13.6. The summed E-state index contributed by atoms with van der Waals surface area (Å²) >= 11 is 0. The van der Waals surface area contributed by atoms with E-state index in [1.165, 1.54) is 35.3 Å². The number of amides is 1. The second-order valence-corrected chi connectivity index (χ2v) is 9.96. The average Bonchev–Trinajstić information content (AvgIpc) is 3.68. The minimum absolute atomic E-state index is 0.0460. The largest absolute Gasteiger partial charge is 0.475 e. The van der Waals surface area contributed by atoms with Crippen molar-refractivity contribution in [3.63, 3.8) is 0 Å². The van der Waals surface area contributed by atoms with Crippen LogP contribution in [0.4, 0.5) is 14.6 Å². The van der Waals surface area contributed by atoms with Crippen LogP contribution in [0, 0.1) is 11.6 Å². The third kappa shape index (κ3) is 6.32. The molecule has 12 heteroatoms.